The number of hydrogen-bond donors (Lipinski definition) is 2. The lowest BCUT2D eigenvalue weighted by Crippen LogP contribution is -2.27. The highest BCUT2D eigenvalue weighted by Crippen LogP contribution is 2.23. The van der Waals surface area contributed by atoms with Gasteiger partial charge in [-0.3, -0.25) is 9.48 Å². The van der Waals surface area contributed by atoms with Crippen LogP contribution < -0.4 is 5.32 Å². The lowest BCUT2D eigenvalue weighted by molar-refractivity contribution is 0.0934. The minimum atomic E-state index is -0.265. The van der Waals surface area contributed by atoms with Crippen molar-refractivity contribution in [2.75, 3.05) is 0 Å². The number of carbonyl (C=O) groups is 1. The molecule has 0 spiro atoms. The van der Waals surface area contributed by atoms with Gasteiger partial charge in [-0.1, -0.05) is 30.3 Å². The first kappa shape index (κ1) is 17.2. The number of hydrogen-bond acceptors (Lipinski definition) is 5. The molecule has 8 heteroatoms. The summed E-state index contributed by atoms with van der Waals surface area (Å²) in [6.07, 6.45) is 5.38. The highest BCUT2D eigenvalue weighted by molar-refractivity contribution is 7.13. The van der Waals surface area contributed by atoms with Gasteiger partial charge in [0.15, 0.2) is 0 Å². The molecule has 27 heavy (non-hydrogen) atoms. The number of thiazole rings is 1. The Morgan fingerprint density at radius 3 is 2.78 bits per heavy atom. The molecule has 2 N–H and O–H groups in total. The largest absolute Gasteiger partial charge is 0.341 e. The lowest BCUT2D eigenvalue weighted by atomic mass is 10.2. The zero-order valence-electron chi connectivity index (χ0n) is 14.9. The lowest BCUT2D eigenvalue weighted by Gasteiger charge is -2.10. The first-order valence-electron chi connectivity index (χ1n) is 8.46. The highest BCUT2D eigenvalue weighted by atomic mass is 32.1. The van der Waals surface area contributed by atoms with Crippen LogP contribution in [0.3, 0.4) is 0 Å². The summed E-state index contributed by atoms with van der Waals surface area (Å²) in [5.74, 6) is 0.469. The number of benzene rings is 1. The summed E-state index contributed by atoms with van der Waals surface area (Å²) >= 11 is 1.42. The summed E-state index contributed by atoms with van der Waals surface area (Å²) in [5.41, 5.74) is 3.25. The molecule has 0 saturated heterocycles. The molecule has 3 aromatic heterocycles. The second-order valence-electron chi connectivity index (χ2n) is 6.18. The fourth-order valence-electron chi connectivity index (χ4n) is 2.70. The number of rotatable bonds is 5. The first-order chi connectivity index (χ1) is 13.1. The summed E-state index contributed by atoms with van der Waals surface area (Å²) in [6.45, 7) is 1.89. The predicted molar refractivity (Wildman–Crippen MR) is 104 cm³/mol. The third kappa shape index (κ3) is 3.65. The SMILES string of the molecule is CC(NC(=O)c1csc(-c2cnn(C)c2)n1)c1ncc(-c2ccccc2)[nH]1. The zero-order chi connectivity index (χ0) is 18.8. The van der Waals surface area contributed by atoms with Gasteiger partial charge in [0, 0.05) is 24.2 Å². The van der Waals surface area contributed by atoms with Gasteiger partial charge in [-0.25, -0.2) is 9.97 Å². The first-order valence-corrected chi connectivity index (χ1v) is 9.34. The Morgan fingerprint density at radius 1 is 1.22 bits per heavy atom. The Hall–Kier alpha value is -3.26. The Bertz CT molecular complexity index is 1060. The highest BCUT2D eigenvalue weighted by Gasteiger charge is 2.17. The maximum Gasteiger partial charge on any atom is 0.271 e. The van der Waals surface area contributed by atoms with E-state index in [2.05, 4.69) is 25.4 Å². The van der Waals surface area contributed by atoms with Crippen molar-refractivity contribution in [1.82, 2.24) is 30.0 Å². The molecule has 7 nitrogen and oxygen atoms in total. The average Bonchev–Trinajstić information content (AvgIpc) is 3.42. The van der Waals surface area contributed by atoms with Gasteiger partial charge >= 0.3 is 0 Å². The molecule has 4 rings (SSSR count). The standard InChI is InChI=1S/C19H18N6OS/c1-12(17-20-9-15(23-17)13-6-4-3-5-7-13)22-18(26)16-11-27-19(24-16)14-8-21-25(2)10-14/h3-12H,1-2H3,(H,20,23)(H,22,26). The Labute approximate surface area is 160 Å². The van der Waals surface area contributed by atoms with Gasteiger partial charge in [-0.2, -0.15) is 5.10 Å². The van der Waals surface area contributed by atoms with E-state index in [1.807, 2.05) is 50.5 Å². The van der Waals surface area contributed by atoms with Crippen LogP contribution in [0.5, 0.6) is 0 Å². The van der Waals surface area contributed by atoms with E-state index >= 15 is 0 Å². The number of amides is 1. The summed E-state index contributed by atoms with van der Waals surface area (Å²) in [6, 6.07) is 9.67. The summed E-state index contributed by atoms with van der Waals surface area (Å²) < 4.78 is 1.71. The van der Waals surface area contributed by atoms with Gasteiger partial charge in [-0.15, -0.1) is 11.3 Å². The van der Waals surface area contributed by atoms with Crippen LogP contribution in [0.25, 0.3) is 21.8 Å². The molecule has 0 aliphatic rings. The molecule has 1 aromatic carbocycles. The second kappa shape index (κ2) is 7.16. The quantitative estimate of drug-likeness (QED) is 0.557. The number of H-pyrrole nitrogens is 1. The predicted octanol–water partition coefficient (Wildman–Crippen LogP) is 3.42. The number of nitrogens with one attached hydrogen (secondary N) is 2. The molecule has 3 heterocycles. The molecule has 0 bridgehead atoms. The van der Waals surface area contributed by atoms with Crippen LogP contribution in [0.1, 0.15) is 29.3 Å². The number of imidazole rings is 1. The van der Waals surface area contributed by atoms with E-state index in [0.717, 1.165) is 21.8 Å². The maximum atomic E-state index is 12.5. The summed E-state index contributed by atoms with van der Waals surface area (Å²) in [7, 11) is 1.85. The van der Waals surface area contributed by atoms with Crippen LogP contribution in [0, 0.1) is 0 Å². The Kier molecular flexibility index (Phi) is 4.55. The molecule has 0 aliphatic carbocycles. The zero-order valence-corrected chi connectivity index (χ0v) is 15.7. The minimum absolute atomic E-state index is 0.230. The van der Waals surface area contributed by atoms with Crippen LogP contribution in [0.2, 0.25) is 0 Å². The number of aryl methyl sites for hydroxylation is 1. The Morgan fingerprint density at radius 2 is 2.04 bits per heavy atom. The van der Waals surface area contributed by atoms with E-state index in [0.29, 0.717) is 11.5 Å². The summed E-state index contributed by atoms with van der Waals surface area (Å²) in [5, 5.41) is 9.59. The van der Waals surface area contributed by atoms with Gasteiger partial charge in [-0.05, 0) is 12.5 Å². The van der Waals surface area contributed by atoms with Crippen molar-refractivity contribution in [2.24, 2.45) is 7.05 Å². The topological polar surface area (TPSA) is 88.5 Å². The second-order valence-corrected chi connectivity index (χ2v) is 7.04. The van der Waals surface area contributed by atoms with Gasteiger partial charge in [0.1, 0.15) is 16.5 Å². The van der Waals surface area contributed by atoms with Crippen molar-refractivity contribution in [1.29, 1.82) is 0 Å². The van der Waals surface area contributed by atoms with Crippen molar-refractivity contribution < 1.29 is 4.79 Å². The van der Waals surface area contributed by atoms with E-state index in [-0.39, 0.29) is 11.9 Å². The van der Waals surface area contributed by atoms with Gasteiger partial charge < -0.3 is 10.3 Å². The monoisotopic (exact) mass is 378 g/mol. The molecule has 0 saturated carbocycles. The fourth-order valence-corrected chi connectivity index (χ4v) is 3.48. The number of carbonyl (C=O) groups excluding carboxylic acids is 1. The molecule has 1 unspecified atom stereocenters. The van der Waals surface area contributed by atoms with Gasteiger partial charge in [0.2, 0.25) is 0 Å². The van der Waals surface area contributed by atoms with Crippen molar-refractivity contribution in [3.05, 3.63) is 65.8 Å². The molecule has 4 aromatic rings. The molecular weight excluding hydrogens is 360 g/mol. The van der Waals surface area contributed by atoms with E-state index in [1.165, 1.54) is 11.3 Å². The average molecular weight is 378 g/mol. The normalized spacial score (nSPS) is 12.1. The maximum absolute atomic E-state index is 12.5. The van der Waals surface area contributed by atoms with Crippen LogP contribution in [-0.4, -0.2) is 30.6 Å². The Balaban J connectivity index is 1.45. The molecule has 0 aliphatic heterocycles. The van der Waals surface area contributed by atoms with Crippen molar-refractivity contribution in [2.45, 2.75) is 13.0 Å². The van der Waals surface area contributed by atoms with E-state index in [9.17, 15) is 4.79 Å². The van der Waals surface area contributed by atoms with Gasteiger partial charge in [0.05, 0.1) is 24.1 Å². The van der Waals surface area contributed by atoms with Crippen LogP contribution in [-0.2, 0) is 7.05 Å². The van der Waals surface area contributed by atoms with Crippen LogP contribution in [0.15, 0.2) is 54.3 Å². The minimum Gasteiger partial charge on any atom is -0.341 e. The van der Waals surface area contributed by atoms with Crippen molar-refractivity contribution in [3.8, 4) is 21.8 Å². The van der Waals surface area contributed by atoms with Crippen LogP contribution in [0.4, 0.5) is 0 Å². The molecule has 136 valence electrons. The van der Waals surface area contributed by atoms with Gasteiger partial charge in [0.25, 0.3) is 5.91 Å². The number of nitrogens with zero attached hydrogens (tertiary/aromatic N) is 4. The smallest absolute Gasteiger partial charge is 0.271 e. The van der Waals surface area contributed by atoms with E-state index in [1.54, 1.807) is 22.5 Å². The number of aromatic amines is 1. The van der Waals surface area contributed by atoms with E-state index in [4.69, 9.17) is 0 Å². The third-order valence-corrected chi connectivity index (χ3v) is 5.02. The fraction of sp³-hybridized carbons (Fsp3) is 0.158. The van der Waals surface area contributed by atoms with Crippen molar-refractivity contribution in [3.63, 3.8) is 0 Å². The van der Waals surface area contributed by atoms with Crippen LogP contribution >= 0.6 is 11.3 Å². The summed E-state index contributed by atoms with van der Waals surface area (Å²) in [4.78, 5) is 24.6. The molecule has 1 atom stereocenters. The molecule has 1 amide bonds. The molecular formula is C19H18N6OS. The van der Waals surface area contributed by atoms with Crippen molar-refractivity contribution >= 4 is 17.2 Å². The molecule has 0 fully saturated rings. The third-order valence-electron chi connectivity index (χ3n) is 4.13. The number of aromatic nitrogens is 5. The van der Waals surface area contributed by atoms with E-state index < -0.39 is 0 Å². The molecule has 0 radical (unpaired) electrons.